The van der Waals surface area contributed by atoms with Gasteiger partial charge in [0, 0.05) is 6.54 Å². The highest BCUT2D eigenvalue weighted by Crippen LogP contribution is 2.05. The number of hydrogen-bond donors (Lipinski definition) is 1. The molecule has 0 amide bonds. The lowest BCUT2D eigenvalue weighted by atomic mass is 10.1. The van der Waals surface area contributed by atoms with E-state index in [4.69, 9.17) is 0 Å². The van der Waals surface area contributed by atoms with Gasteiger partial charge < -0.3 is 10.0 Å². The molecule has 1 aromatic carbocycles. The van der Waals surface area contributed by atoms with Crippen LogP contribution in [0.5, 0.6) is 0 Å². The molecule has 0 aliphatic heterocycles. The number of rotatable bonds is 7. The summed E-state index contributed by atoms with van der Waals surface area (Å²) in [6, 6.07) is 10.5. The fraction of sp³-hybridized carbons (Fsp3) is 0.571. The molecule has 16 heavy (non-hydrogen) atoms. The molecule has 1 atom stereocenters. The summed E-state index contributed by atoms with van der Waals surface area (Å²) in [5.74, 6) is 0. The Kier molecular flexibility index (Phi) is 6.12. The van der Waals surface area contributed by atoms with Crippen LogP contribution in [-0.4, -0.2) is 29.7 Å². The minimum atomic E-state index is -0.120. The topological polar surface area (TPSA) is 23.5 Å². The van der Waals surface area contributed by atoms with Crippen LogP contribution in [0.25, 0.3) is 0 Å². The van der Waals surface area contributed by atoms with Crippen LogP contribution in [0.15, 0.2) is 30.3 Å². The van der Waals surface area contributed by atoms with Crippen LogP contribution in [0.1, 0.15) is 31.7 Å². The molecule has 0 heterocycles. The van der Waals surface area contributed by atoms with Gasteiger partial charge in [0.25, 0.3) is 0 Å². The third-order valence-electron chi connectivity index (χ3n) is 2.84. The second-order valence-corrected chi connectivity index (χ2v) is 4.43. The number of benzene rings is 1. The zero-order chi connectivity index (χ0) is 11.8. The van der Waals surface area contributed by atoms with Crippen molar-refractivity contribution in [3.8, 4) is 0 Å². The quantitative estimate of drug-likeness (QED) is 0.765. The van der Waals surface area contributed by atoms with Crippen molar-refractivity contribution in [2.75, 3.05) is 13.6 Å². The van der Waals surface area contributed by atoms with Crippen molar-refractivity contribution in [1.82, 2.24) is 4.90 Å². The lowest BCUT2D eigenvalue weighted by Crippen LogP contribution is -2.20. The number of aliphatic hydroxyl groups excluding tert-OH is 1. The zero-order valence-corrected chi connectivity index (χ0v) is 10.4. The Labute approximate surface area is 98.9 Å². The summed E-state index contributed by atoms with van der Waals surface area (Å²) in [7, 11) is 2.13. The second kappa shape index (κ2) is 7.42. The molecule has 1 rings (SSSR count). The summed E-state index contributed by atoms with van der Waals surface area (Å²) in [6.07, 6.45) is 2.72. The Balaban J connectivity index is 2.19. The van der Waals surface area contributed by atoms with E-state index in [1.165, 1.54) is 5.56 Å². The van der Waals surface area contributed by atoms with E-state index in [2.05, 4.69) is 36.2 Å². The van der Waals surface area contributed by atoms with Gasteiger partial charge in [0.15, 0.2) is 0 Å². The Morgan fingerprint density at radius 1 is 1.25 bits per heavy atom. The summed E-state index contributed by atoms with van der Waals surface area (Å²) in [5.41, 5.74) is 1.35. The molecule has 0 radical (unpaired) electrons. The highest BCUT2D eigenvalue weighted by molar-refractivity contribution is 5.14. The summed E-state index contributed by atoms with van der Waals surface area (Å²) in [6.45, 7) is 4.06. The van der Waals surface area contributed by atoms with Gasteiger partial charge in [-0.1, -0.05) is 37.3 Å². The molecule has 0 aliphatic carbocycles. The normalized spacial score (nSPS) is 13.0. The average molecular weight is 221 g/mol. The predicted octanol–water partition coefficient (Wildman–Crippen LogP) is 2.67. The summed E-state index contributed by atoms with van der Waals surface area (Å²) >= 11 is 0. The molecule has 0 bridgehead atoms. The number of nitrogens with zero attached hydrogens (tertiary/aromatic N) is 1. The van der Waals surface area contributed by atoms with E-state index in [0.29, 0.717) is 0 Å². The minimum Gasteiger partial charge on any atom is -0.393 e. The smallest absolute Gasteiger partial charge is 0.0538 e. The molecule has 1 N–H and O–H groups in total. The second-order valence-electron chi connectivity index (χ2n) is 4.43. The molecule has 1 unspecified atom stereocenters. The van der Waals surface area contributed by atoms with Crippen molar-refractivity contribution in [3.05, 3.63) is 35.9 Å². The summed E-state index contributed by atoms with van der Waals surface area (Å²) < 4.78 is 0. The van der Waals surface area contributed by atoms with Gasteiger partial charge in [-0.05, 0) is 38.4 Å². The maximum absolute atomic E-state index is 9.44. The molecule has 1 aromatic rings. The first-order chi connectivity index (χ1) is 7.72. The first kappa shape index (κ1) is 13.2. The Morgan fingerprint density at radius 2 is 1.94 bits per heavy atom. The molecule has 0 spiro atoms. The zero-order valence-electron chi connectivity index (χ0n) is 10.4. The van der Waals surface area contributed by atoms with Gasteiger partial charge in [0.1, 0.15) is 0 Å². The average Bonchev–Trinajstić information content (AvgIpc) is 2.30. The fourth-order valence-electron chi connectivity index (χ4n) is 1.78. The first-order valence-electron chi connectivity index (χ1n) is 6.13. The van der Waals surface area contributed by atoms with E-state index < -0.39 is 0 Å². The molecule has 0 fully saturated rings. The Bertz CT molecular complexity index is 273. The van der Waals surface area contributed by atoms with Crippen molar-refractivity contribution in [2.24, 2.45) is 0 Å². The van der Waals surface area contributed by atoms with Gasteiger partial charge in [-0.25, -0.2) is 0 Å². The molecule has 0 aromatic heterocycles. The van der Waals surface area contributed by atoms with Gasteiger partial charge >= 0.3 is 0 Å². The molecule has 0 saturated carbocycles. The summed E-state index contributed by atoms with van der Waals surface area (Å²) in [4.78, 5) is 2.30. The molecule has 90 valence electrons. The molecule has 2 heteroatoms. The minimum absolute atomic E-state index is 0.120. The highest BCUT2D eigenvalue weighted by Gasteiger charge is 2.03. The molecule has 0 aliphatic rings. The predicted molar refractivity (Wildman–Crippen MR) is 68.3 cm³/mol. The van der Waals surface area contributed by atoms with E-state index in [9.17, 15) is 5.11 Å². The Morgan fingerprint density at radius 3 is 2.56 bits per heavy atom. The van der Waals surface area contributed by atoms with Crippen LogP contribution >= 0.6 is 0 Å². The third kappa shape index (κ3) is 5.29. The van der Waals surface area contributed by atoms with E-state index in [1.54, 1.807) is 0 Å². The van der Waals surface area contributed by atoms with E-state index in [0.717, 1.165) is 32.4 Å². The summed E-state index contributed by atoms with van der Waals surface area (Å²) in [5, 5.41) is 9.44. The van der Waals surface area contributed by atoms with Crippen molar-refractivity contribution in [3.63, 3.8) is 0 Å². The third-order valence-corrected chi connectivity index (χ3v) is 2.84. The number of aliphatic hydroxyl groups is 1. The molecule has 0 saturated heterocycles. The first-order valence-corrected chi connectivity index (χ1v) is 6.13. The molecular formula is C14H23NO. The monoisotopic (exact) mass is 221 g/mol. The molecular weight excluding hydrogens is 198 g/mol. The standard InChI is InChI=1S/C14H23NO/c1-3-14(16)10-7-11-15(2)12-13-8-5-4-6-9-13/h4-6,8-9,14,16H,3,7,10-12H2,1-2H3. The molecule has 2 nitrogen and oxygen atoms in total. The van der Waals surface area contributed by atoms with Gasteiger partial charge in [-0.3, -0.25) is 0 Å². The van der Waals surface area contributed by atoms with E-state index >= 15 is 0 Å². The van der Waals surface area contributed by atoms with Gasteiger partial charge in [0.2, 0.25) is 0 Å². The van der Waals surface area contributed by atoms with Crippen LogP contribution < -0.4 is 0 Å². The Hall–Kier alpha value is -0.860. The van der Waals surface area contributed by atoms with Gasteiger partial charge in [-0.15, -0.1) is 0 Å². The van der Waals surface area contributed by atoms with Crippen molar-refractivity contribution >= 4 is 0 Å². The van der Waals surface area contributed by atoms with Gasteiger partial charge in [-0.2, -0.15) is 0 Å². The maximum atomic E-state index is 9.44. The lowest BCUT2D eigenvalue weighted by molar-refractivity contribution is 0.151. The highest BCUT2D eigenvalue weighted by atomic mass is 16.3. The van der Waals surface area contributed by atoms with Crippen molar-refractivity contribution in [2.45, 2.75) is 38.8 Å². The largest absolute Gasteiger partial charge is 0.393 e. The van der Waals surface area contributed by atoms with Crippen LogP contribution in [0.4, 0.5) is 0 Å². The van der Waals surface area contributed by atoms with Crippen LogP contribution in [-0.2, 0) is 6.54 Å². The SMILES string of the molecule is CCC(O)CCCN(C)Cc1ccccc1. The fourth-order valence-corrected chi connectivity index (χ4v) is 1.78. The maximum Gasteiger partial charge on any atom is 0.0538 e. The van der Waals surface area contributed by atoms with Crippen LogP contribution in [0.3, 0.4) is 0 Å². The van der Waals surface area contributed by atoms with Crippen LogP contribution in [0.2, 0.25) is 0 Å². The van der Waals surface area contributed by atoms with Crippen LogP contribution in [0, 0.1) is 0 Å². The van der Waals surface area contributed by atoms with Crippen molar-refractivity contribution in [1.29, 1.82) is 0 Å². The lowest BCUT2D eigenvalue weighted by Gasteiger charge is -2.17. The van der Waals surface area contributed by atoms with E-state index in [1.807, 2.05) is 13.0 Å². The van der Waals surface area contributed by atoms with Gasteiger partial charge in [0.05, 0.1) is 6.10 Å². The number of hydrogen-bond acceptors (Lipinski definition) is 2. The van der Waals surface area contributed by atoms with Crippen molar-refractivity contribution < 1.29 is 5.11 Å². The van der Waals surface area contributed by atoms with E-state index in [-0.39, 0.29) is 6.10 Å².